The predicted octanol–water partition coefficient (Wildman–Crippen LogP) is 3.14. The molecular formula is C18H11N5O2. The van der Waals surface area contributed by atoms with Crippen molar-refractivity contribution < 1.29 is 9.21 Å². The second-order valence-electron chi connectivity index (χ2n) is 5.25. The van der Waals surface area contributed by atoms with E-state index in [1.165, 1.54) is 17.3 Å². The van der Waals surface area contributed by atoms with Crippen LogP contribution in [0.5, 0.6) is 0 Å². The first-order valence-electron chi connectivity index (χ1n) is 7.44. The first-order chi connectivity index (χ1) is 12.3. The highest BCUT2D eigenvalue weighted by molar-refractivity contribution is 6.06. The van der Waals surface area contributed by atoms with Gasteiger partial charge in [-0.1, -0.05) is 18.2 Å². The van der Waals surface area contributed by atoms with Crippen LogP contribution in [0.15, 0.2) is 65.5 Å². The zero-order chi connectivity index (χ0) is 17.2. The highest BCUT2D eigenvalue weighted by Crippen LogP contribution is 2.21. The minimum absolute atomic E-state index is 0.278. The number of carbonyl (C=O) groups is 1. The van der Waals surface area contributed by atoms with Crippen molar-refractivity contribution in [2.75, 3.05) is 5.32 Å². The summed E-state index contributed by atoms with van der Waals surface area (Å²) in [6.45, 7) is 0. The van der Waals surface area contributed by atoms with Crippen LogP contribution in [-0.4, -0.2) is 20.7 Å². The van der Waals surface area contributed by atoms with Gasteiger partial charge in [0.25, 0.3) is 5.91 Å². The Morgan fingerprint density at radius 3 is 2.84 bits per heavy atom. The van der Waals surface area contributed by atoms with Crippen LogP contribution in [0.1, 0.15) is 15.9 Å². The van der Waals surface area contributed by atoms with Gasteiger partial charge in [0.15, 0.2) is 17.8 Å². The molecule has 2 aromatic carbocycles. The second-order valence-corrected chi connectivity index (χ2v) is 5.25. The van der Waals surface area contributed by atoms with E-state index in [2.05, 4.69) is 15.4 Å². The van der Waals surface area contributed by atoms with E-state index in [-0.39, 0.29) is 11.5 Å². The summed E-state index contributed by atoms with van der Waals surface area (Å²) in [5.74, 6) is -0.0435. The fourth-order valence-electron chi connectivity index (χ4n) is 2.49. The number of rotatable bonds is 3. The lowest BCUT2D eigenvalue weighted by molar-refractivity contribution is 0.102. The van der Waals surface area contributed by atoms with Gasteiger partial charge in [-0.05, 0) is 30.3 Å². The van der Waals surface area contributed by atoms with Crippen LogP contribution in [-0.2, 0) is 0 Å². The van der Waals surface area contributed by atoms with Crippen molar-refractivity contribution in [1.82, 2.24) is 14.8 Å². The molecule has 4 rings (SSSR count). The van der Waals surface area contributed by atoms with Gasteiger partial charge < -0.3 is 9.73 Å². The van der Waals surface area contributed by atoms with Gasteiger partial charge in [-0.2, -0.15) is 10.4 Å². The molecule has 0 spiro atoms. The predicted molar refractivity (Wildman–Crippen MR) is 90.2 cm³/mol. The molecule has 0 unspecified atom stereocenters. The third-order valence-corrected chi connectivity index (χ3v) is 3.71. The molecule has 0 saturated carbocycles. The summed E-state index contributed by atoms with van der Waals surface area (Å²) in [6, 6.07) is 16.2. The van der Waals surface area contributed by atoms with Gasteiger partial charge in [-0.15, -0.1) is 0 Å². The molecule has 0 aliphatic carbocycles. The van der Waals surface area contributed by atoms with Gasteiger partial charge in [-0.3, -0.25) is 4.79 Å². The number of nitrogens with one attached hydrogen (secondary N) is 1. The van der Waals surface area contributed by atoms with Crippen molar-refractivity contribution >= 4 is 22.8 Å². The van der Waals surface area contributed by atoms with E-state index < -0.39 is 0 Å². The number of fused-ring (bicyclic) bond motifs is 1. The van der Waals surface area contributed by atoms with Crippen LogP contribution in [0.25, 0.3) is 16.8 Å². The molecule has 0 aliphatic heterocycles. The summed E-state index contributed by atoms with van der Waals surface area (Å²) in [7, 11) is 0. The maximum absolute atomic E-state index is 12.6. The van der Waals surface area contributed by atoms with E-state index in [0.29, 0.717) is 22.5 Å². The number of oxazole rings is 1. The van der Waals surface area contributed by atoms with Crippen molar-refractivity contribution in [3.05, 3.63) is 72.2 Å². The highest BCUT2D eigenvalue weighted by atomic mass is 16.3. The van der Waals surface area contributed by atoms with Gasteiger partial charge in [-0.25, -0.2) is 9.67 Å². The summed E-state index contributed by atoms with van der Waals surface area (Å²) >= 11 is 0. The molecule has 4 aromatic rings. The topological polar surface area (TPSA) is 96.7 Å². The molecule has 25 heavy (non-hydrogen) atoms. The number of nitriles is 1. The molecule has 0 radical (unpaired) electrons. The number of para-hydroxylation sites is 1. The average molecular weight is 329 g/mol. The quantitative estimate of drug-likeness (QED) is 0.623. The van der Waals surface area contributed by atoms with E-state index in [1.54, 1.807) is 18.2 Å². The molecule has 2 heterocycles. The lowest BCUT2D eigenvalue weighted by Gasteiger charge is -2.09. The number of hydrogen-bond acceptors (Lipinski definition) is 5. The maximum atomic E-state index is 12.6. The molecule has 0 bridgehead atoms. The van der Waals surface area contributed by atoms with E-state index in [9.17, 15) is 10.1 Å². The summed E-state index contributed by atoms with van der Waals surface area (Å²) in [4.78, 5) is 16.7. The number of hydrogen-bond donors (Lipinski definition) is 1. The Morgan fingerprint density at radius 2 is 2.04 bits per heavy atom. The minimum Gasteiger partial charge on any atom is -0.443 e. The van der Waals surface area contributed by atoms with E-state index in [4.69, 9.17) is 4.42 Å². The number of anilines is 1. The third kappa shape index (κ3) is 2.62. The van der Waals surface area contributed by atoms with Gasteiger partial charge in [0.05, 0.1) is 11.9 Å². The van der Waals surface area contributed by atoms with Crippen molar-refractivity contribution in [2.45, 2.75) is 0 Å². The zero-order valence-electron chi connectivity index (χ0n) is 12.9. The number of nitrogens with zero attached hydrogens (tertiary/aromatic N) is 4. The number of carbonyl (C=O) groups excluding carboxylic acids is 1. The average Bonchev–Trinajstić information content (AvgIpc) is 3.28. The van der Waals surface area contributed by atoms with Gasteiger partial charge in [0.1, 0.15) is 17.1 Å². The van der Waals surface area contributed by atoms with E-state index in [1.807, 2.05) is 36.4 Å². The van der Waals surface area contributed by atoms with Crippen molar-refractivity contribution in [2.24, 2.45) is 0 Å². The minimum atomic E-state index is -0.362. The lowest BCUT2D eigenvalue weighted by atomic mass is 10.2. The molecule has 120 valence electrons. The van der Waals surface area contributed by atoms with Crippen molar-refractivity contribution in [3.63, 3.8) is 0 Å². The highest BCUT2D eigenvalue weighted by Gasteiger charge is 2.16. The van der Waals surface area contributed by atoms with Crippen LogP contribution in [0, 0.1) is 11.3 Å². The molecule has 0 saturated heterocycles. The summed E-state index contributed by atoms with van der Waals surface area (Å²) in [5, 5.41) is 16.3. The van der Waals surface area contributed by atoms with Crippen molar-refractivity contribution in [3.8, 4) is 11.8 Å². The van der Waals surface area contributed by atoms with Gasteiger partial charge >= 0.3 is 0 Å². The normalized spacial score (nSPS) is 10.5. The first-order valence-corrected chi connectivity index (χ1v) is 7.44. The van der Waals surface area contributed by atoms with Gasteiger partial charge in [0, 0.05) is 5.56 Å². The lowest BCUT2D eigenvalue weighted by Crippen LogP contribution is -2.16. The Labute approximate surface area is 142 Å². The number of aromatic nitrogens is 3. The molecule has 7 nitrogen and oxygen atoms in total. The molecule has 1 N–H and O–H groups in total. The first kappa shape index (κ1) is 14.7. The molecule has 0 fully saturated rings. The fraction of sp³-hybridized carbons (Fsp3) is 0. The van der Waals surface area contributed by atoms with Crippen LogP contribution < -0.4 is 5.32 Å². The maximum Gasteiger partial charge on any atom is 0.256 e. The monoisotopic (exact) mass is 329 g/mol. The molecule has 7 heteroatoms. The Hall–Kier alpha value is -3.92. The SMILES string of the molecule is N#Cc1cnn(-c2ccccc2)c1NC(=O)c1ccc2ocnc2c1. The molecule has 2 aromatic heterocycles. The zero-order valence-corrected chi connectivity index (χ0v) is 12.9. The molecule has 1 amide bonds. The van der Waals surface area contributed by atoms with Crippen molar-refractivity contribution in [1.29, 1.82) is 5.26 Å². The Bertz CT molecular complexity index is 1110. The largest absolute Gasteiger partial charge is 0.443 e. The standard InChI is InChI=1S/C18H11N5O2/c19-9-13-10-21-23(14-4-2-1-3-5-14)17(13)22-18(24)12-6-7-16-15(8-12)20-11-25-16/h1-8,10-11H,(H,22,24). The Morgan fingerprint density at radius 1 is 1.20 bits per heavy atom. The smallest absolute Gasteiger partial charge is 0.256 e. The molecule has 0 aliphatic rings. The summed E-state index contributed by atoms with van der Waals surface area (Å²) in [6.07, 6.45) is 2.74. The van der Waals surface area contributed by atoms with E-state index >= 15 is 0 Å². The van der Waals surface area contributed by atoms with Crippen LogP contribution in [0.3, 0.4) is 0 Å². The molecule has 0 atom stereocenters. The van der Waals surface area contributed by atoms with Crippen LogP contribution >= 0.6 is 0 Å². The Balaban J connectivity index is 1.71. The second kappa shape index (κ2) is 5.94. The van der Waals surface area contributed by atoms with Gasteiger partial charge in [0.2, 0.25) is 0 Å². The summed E-state index contributed by atoms with van der Waals surface area (Å²) in [5.41, 5.74) is 2.62. The third-order valence-electron chi connectivity index (χ3n) is 3.71. The number of benzene rings is 2. The van der Waals surface area contributed by atoms with E-state index in [0.717, 1.165) is 5.69 Å². The number of amides is 1. The Kier molecular flexibility index (Phi) is 3.48. The molecular weight excluding hydrogens is 318 g/mol. The van der Waals surface area contributed by atoms with Crippen LogP contribution in [0.4, 0.5) is 5.82 Å². The van der Waals surface area contributed by atoms with Crippen LogP contribution in [0.2, 0.25) is 0 Å². The summed E-state index contributed by atoms with van der Waals surface area (Å²) < 4.78 is 6.69. The fourth-order valence-corrected chi connectivity index (χ4v) is 2.49.